The number of nitrogens with one attached hydrogen (secondary N) is 3. The van der Waals surface area contributed by atoms with E-state index in [1.165, 1.54) is 0 Å². The maximum Gasteiger partial charge on any atom is 0.405 e. The molecule has 24 heavy (non-hydrogen) atoms. The van der Waals surface area contributed by atoms with Gasteiger partial charge in [-0.2, -0.15) is 0 Å². The molecule has 0 atom stereocenters. The van der Waals surface area contributed by atoms with Gasteiger partial charge in [-0.05, 0) is 43.5 Å². The number of ether oxygens (including phenoxy) is 1. The van der Waals surface area contributed by atoms with Crippen molar-refractivity contribution in [3.63, 3.8) is 0 Å². The number of hydrogen-bond acceptors (Lipinski definition) is 4. The van der Waals surface area contributed by atoms with Crippen molar-refractivity contribution in [2.45, 2.75) is 24.8 Å². The summed E-state index contributed by atoms with van der Waals surface area (Å²) in [5, 5.41) is 11.7. The van der Waals surface area contributed by atoms with Gasteiger partial charge in [0.2, 0.25) is 5.91 Å². The highest BCUT2D eigenvalue weighted by Gasteiger charge is 2.72. The second kappa shape index (κ2) is 5.86. The van der Waals surface area contributed by atoms with Crippen molar-refractivity contribution in [2.75, 3.05) is 6.61 Å². The Labute approximate surface area is 142 Å². The van der Waals surface area contributed by atoms with E-state index in [1.807, 2.05) is 0 Å². The Balaban J connectivity index is 1.37. The zero-order valence-electron chi connectivity index (χ0n) is 12.6. The van der Waals surface area contributed by atoms with Crippen molar-refractivity contribution in [1.29, 1.82) is 0 Å². The van der Waals surface area contributed by atoms with E-state index >= 15 is 0 Å². The molecular weight excluding hydrogens is 338 g/mol. The summed E-state index contributed by atoms with van der Waals surface area (Å²) in [5.41, 5.74) is 3.61. The molecule has 0 aromatic heterocycles. The molecule has 0 heterocycles. The van der Waals surface area contributed by atoms with Crippen LogP contribution in [0.5, 0.6) is 5.75 Å². The lowest BCUT2D eigenvalue weighted by molar-refractivity contribution is -0.180. The molecule has 4 rings (SSSR count). The van der Waals surface area contributed by atoms with E-state index in [4.69, 9.17) is 21.4 Å². The van der Waals surface area contributed by atoms with Crippen LogP contribution in [0, 0.1) is 5.41 Å². The van der Waals surface area contributed by atoms with Crippen molar-refractivity contribution in [3.05, 3.63) is 29.3 Å². The van der Waals surface area contributed by atoms with Crippen molar-refractivity contribution in [2.24, 2.45) is 5.41 Å². The molecule has 3 amide bonds. The summed E-state index contributed by atoms with van der Waals surface area (Å²) in [5.74, 6) is -0.318. The Morgan fingerprint density at radius 3 is 2.33 bits per heavy atom. The first-order valence-electron chi connectivity index (χ1n) is 7.31. The predicted molar refractivity (Wildman–Crippen MR) is 83.4 cm³/mol. The van der Waals surface area contributed by atoms with E-state index in [0.29, 0.717) is 30.0 Å². The van der Waals surface area contributed by atoms with Crippen LogP contribution in [-0.2, 0) is 9.59 Å². The molecule has 4 N–H and O–H groups in total. The molecule has 3 aliphatic rings. The van der Waals surface area contributed by atoms with Gasteiger partial charge in [0.1, 0.15) is 5.75 Å². The minimum Gasteiger partial charge on any atom is -0.484 e. The monoisotopic (exact) mass is 353 g/mol. The number of hydrazine groups is 1. The molecule has 0 unspecified atom stereocenters. The first-order chi connectivity index (χ1) is 11.3. The normalized spacial score (nSPS) is 26.4. The molecule has 3 fully saturated rings. The topological polar surface area (TPSA) is 117 Å². The van der Waals surface area contributed by atoms with Gasteiger partial charge < -0.3 is 15.2 Å². The quantitative estimate of drug-likeness (QED) is 0.590. The molecule has 0 aliphatic heterocycles. The van der Waals surface area contributed by atoms with Gasteiger partial charge in [-0.1, -0.05) is 11.6 Å². The first-order valence-corrected chi connectivity index (χ1v) is 7.69. The molecule has 3 aliphatic carbocycles. The highest BCUT2D eigenvalue weighted by Crippen LogP contribution is 2.67. The molecule has 0 saturated heterocycles. The summed E-state index contributed by atoms with van der Waals surface area (Å²) < 4.78 is 5.25. The maximum atomic E-state index is 12.1. The lowest BCUT2D eigenvalue weighted by Gasteiger charge is -2.68. The van der Waals surface area contributed by atoms with Crippen LogP contribution in [0.3, 0.4) is 0 Å². The summed E-state index contributed by atoms with van der Waals surface area (Å²) in [4.78, 5) is 34.4. The number of carbonyl (C=O) groups excluding carboxylic acids is 2. The average molecular weight is 354 g/mol. The van der Waals surface area contributed by atoms with Crippen LogP contribution in [0.4, 0.5) is 4.79 Å². The number of halogens is 1. The Kier molecular flexibility index (Phi) is 4.00. The molecular formula is C15H16ClN3O5. The Morgan fingerprint density at radius 1 is 1.12 bits per heavy atom. The fraction of sp³-hybridized carbons (Fsp3) is 0.400. The van der Waals surface area contributed by atoms with Gasteiger partial charge in [-0.3, -0.25) is 20.4 Å². The van der Waals surface area contributed by atoms with Crippen LogP contribution in [0.25, 0.3) is 0 Å². The Bertz CT molecular complexity index is 671. The fourth-order valence-corrected chi connectivity index (χ4v) is 3.49. The zero-order chi connectivity index (χ0) is 17.4. The largest absolute Gasteiger partial charge is 0.484 e. The molecule has 128 valence electrons. The van der Waals surface area contributed by atoms with E-state index in [2.05, 4.69) is 16.2 Å². The third kappa shape index (κ3) is 3.09. The average Bonchev–Trinajstić information content (AvgIpc) is 2.46. The van der Waals surface area contributed by atoms with Crippen LogP contribution >= 0.6 is 11.6 Å². The summed E-state index contributed by atoms with van der Waals surface area (Å²) in [6.07, 6.45) is 0.274. The molecule has 3 saturated carbocycles. The number of carbonyl (C=O) groups is 3. The minimum absolute atomic E-state index is 0.251. The van der Waals surface area contributed by atoms with Crippen LogP contribution in [0.2, 0.25) is 5.02 Å². The van der Waals surface area contributed by atoms with Crippen molar-refractivity contribution in [1.82, 2.24) is 16.2 Å². The van der Waals surface area contributed by atoms with E-state index < -0.39 is 23.0 Å². The van der Waals surface area contributed by atoms with Gasteiger partial charge in [-0.15, -0.1) is 0 Å². The van der Waals surface area contributed by atoms with Gasteiger partial charge in [0.15, 0.2) is 6.61 Å². The fourth-order valence-electron chi connectivity index (χ4n) is 3.36. The number of carboxylic acid groups (broad SMARTS) is 1. The van der Waals surface area contributed by atoms with Gasteiger partial charge in [0.05, 0.1) is 5.41 Å². The Hall–Kier alpha value is -2.48. The lowest BCUT2D eigenvalue weighted by atomic mass is 9.39. The highest BCUT2D eigenvalue weighted by atomic mass is 35.5. The van der Waals surface area contributed by atoms with Gasteiger partial charge in [-0.25, -0.2) is 4.79 Å². The molecule has 2 bridgehead atoms. The van der Waals surface area contributed by atoms with Crippen molar-refractivity contribution >= 4 is 29.5 Å². The van der Waals surface area contributed by atoms with Crippen LogP contribution in [0.15, 0.2) is 24.3 Å². The first kappa shape index (κ1) is 16.4. The summed E-state index contributed by atoms with van der Waals surface area (Å²) >= 11 is 5.74. The molecule has 8 nitrogen and oxygen atoms in total. The number of rotatable bonds is 5. The minimum atomic E-state index is -1.09. The molecule has 0 radical (unpaired) electrons. The molecule has 9 heteroatoms. The molecule has 0 spiro atoms. The smallest absolute Gasteiger partial charge is 0.405 e. The van der Waals surface area contributed by atoms with Gasteiger partial charge in [0.25, 0.3) is 5.91 Å². The zero-order valence-corrected chi connectivity index (χ0v) is 13.4. The number of amides is 3. The summed E-state index contributed by atoms with van der Waals surface area (Å²) in [6, 6.07) is 6.54. The van der Waals surface area contributed by atoms with Crippen LogP contribution < -0.4 is 20.9 Å². The molecule has 1 aromatic rings. The van der Waals surface area contributed by atoms with Crippen LogP contribution in [0.1, 0.15) is 19.3 Å². The lowest BCUT2D eigenvalue weighted by Crippen LogP contribution is -2.78. The van der Waals surface area contributed by atoms with E-state index in [0.717, 1.165) is 0 Å². The van der Waals surface area contributed by atoms with E-state index in [1.54, 1.807) is 24.3 Å². The second-order valence-corrected chi connectivity index (χ2v) is 6.70. The molecule has 1 aromatic carbocycles. The van der Waals surface area contributed by atoms with Crippen LogP contribution in [-0.4, -0.2) is 35.2 Å². The van der Waals surface area contributed by atoms with E-state index in [-0.39, 0.29) is 12.5 Å². The van der Waals surface area contributed by atoms with Gasteiger partial charge in [0, 0.05) is 10.6 Å². The van der Waals surface area contributed by atoms with Crippen molar-refractivity contribution in [3.8, 4) is 5.75 Å². The third-order valence-corrected chi connectivity index (χ3v) is 4.64. The third-order valence-electron chi connectivity index (χ3n) is 4.38. The van der Waals surface area contributed by atoms with Crippen molar-refractivity contribution < 1.29 is 24.2 Å². The van der Waals surface area contributed by atoms with E-state index in [9.17, 15) is 14.4 Å². The standard InChI is InChI=1S/C15H16ClN3O5/c16-9-1-3-10(4-2-9)24-5-11(20)18-19-12(21)14-6-15(7-14,8-14)17-13(22)23/h1-4,17H,5-8H2,(H,18,20)(H,19,21)(H,22,23). The Morgan fingerprint density at radius 2 is 1.75 bits per heavy atom. The number of hydrogen-bond donors (Lipinski definition) is 4. The van der Waals surface area contributed by atoms with Gasteiger partial charge >= 0.3 is 6.09 Å². The summed E-state index contributed by atoms with van der Waals surface area (Å²) in [6.45, 7) is -0.251. The predicted octanol–water partition coefficient (Wildman–Crippen LogP) is 1.06. The SMILES string of the molecule is O=C(O)NC12CC(C(=O)NNC(=O)COc3ccc(Cl)cc3)(C1)C2. The second-order valence-electron chi connectivity index (χ2n) is 6.27. The number of benzene rings is 1. The summed E-state index contributed by atoms with van der Waals surface area (Å²) in [7, 11) is 0. The highest BCUT2D eigenvalue weighted by molar-refractivity contribution is 6.30. The maximum absolute atomic E-state index is 12.1.